The van der Waals surface area contributed by atoms with Crippen LogP contribution in [-0.4, -0.2) is 24.1 Å². The van der Waals surface area contributed by atoms with Gasteiger partial charge in [0.2, 0.25) is 0 Å². The molecule has 0 bridgehead atoms. The average Bonchev–Trinajstić information content (AvgIpc) is 3.79. The predicted octanol–water partition coefficient (Wildman–Crippen LogP) is 11.1. The van der Waals surface area contributed by atoms with Crippen molar-refractivity contribution < 1.29 is 13.7 Å². The molecular weight excluding hydrogens is 611 g/mol. The summed E-state index contributed by atoms with van der Waals surface area (Å²) >= 11 is 0. The van der Waals surface area contributed by atoms with Crippen LogP contribution in [0.2, 0.25) is 0 Å². The first-order valence-electron chi connectivity index (χ1n) is 21.0. The predicted molar refractivity (Wildman–Crippen MR) is 205 cm³/mol. The smallest absolute Gasteiger partial charge is 0.164 e. The highest BCUT2D eigenvalue weighted by Gasteiger charge is 2.19. The lowest BCUT2D eigenvalue weighted by Crippen LogP contribution is -2.03. The van der Waals surface area contributed by atoms with Gasteiger partial charge in [-0.15, -0.1) is 0 Å². The molecule has 3 aromatic heterocycles. The van der Waals surface area contributed by atoms with Gasteiger partial charge in [0.15, 0.2) is 17.5 Å². The van der Waals surface area contributed by atoms with E-state index in [4.69, 9.17) is 23.7 Å². The summed E-state index contributed by atoms with van der Waals surface area (Å²) in [5.74, 6) is -0.697. The van der Waals surface area contributed by atoms with Gasteiger partial charge in [-0.3, -0.25) is 0 Å². The van der Waals surface area contributed by atoms with Crippen molar-refractivity contribution in [1.29, 1.82) is 0 Å². The molecule has 0 aliphatic rings. The Kier molecular flexibility index (Phi) is 4.52. The number of benzene rings is 7. The molecule has 0 aliphatic carbocycles. The molecule has 0 amide bonds. The fraction of sp³-hybridized carbons (Fsp3) is 0. The van der Waals surface area contributed by atoms with E-state index in [1.165, 1.54) is 0 Å². The van der Waals surface area contributed by atoms with E-state index in [2.05, 4.69) is 44.5 Å². The minimum Gasteiger partial charge on any atom is -0.309 e. The molecule has 50 heavy (non-hydrogen) atoms. The second-order valence-electron chi connectivity index (χ2n) is 11.8. The molecule has 7 aromatic carbocycles. The van der Waals surface area contributed by atoms with Gasteiger partial charge < -0.3 is 9.13 Å². The van der Waals surface area contributed by atoms with Gasteiger partial charge in [-0.1, -0.05) is 133 Å². The fourth-order valence-electron chi connectivity index (χ4n) is 6.84. The van der Waals surface area contributed by atoms with E-state index in [0.717, 1.165) is 55.0 Å². The molecule has 0 spiro atoms. The first kappa shape index (κ1) is 19.8. The fourth-order valence-corrected chi connectivity index (χ4v) is 6.84. The van der Waals surface area contributed by atoms with Crippen LogP contribution in [0.25, 0.3) is 89.2 Å². The van der Waals surface area contributed by atoms with Crippen LogP contribution in [-0.2, 0) is 0 Å². The number of nitrogens with zero attached hydrogens (tertiary/aromatic N) is 5. The van der Waals surface area contributed by atoms with Crippen molar-refractivity contribution in [3.63, 3.8) is 0 Å². The number of aromatic nitrogens is 5. The summed E-state index contributed by atoms with van der Waals surface area (Å²) in [4.78, 5) is 14.1. The summed E-state index contributed by atoms with van der Waals surface area (Å²) in [6.07, 6.45) is 0. The van der Waals surface area contributed by atoms with Crippen molar-refractivity contribution in [1.82, 2.24) is 24.1 Å². The Labute approximate surface area is 302 Å². The number of hydrogen-bond donors (Lipinski definition) is 0. The molecule has 0 aliphatic heterocycles. The largest absolute Gasteiger partial charge is 0.309 e. The average molecular weight is 650 g/mol. The zero-order valence-electron chi connectivity index (χ0n) is 36.2. The topological polar surface area (TPSA) is 48.5 Å². The third-order valence-electron chi connectivity index (χ3n) is 8.92. The molecule has 10 aromatic rings. The maximum absolute atomic E-state index is 8.83. The summed E-state index contributed by atoms with van der Waals surface area (Å²) in [5, 5.41) is 4.13. The molecule has 5 heteroatoms. The Morgan fingerprint density at radius 2 is 0.680 bits per heavy atom. The molecule has 0 atom stereocenters. The van der Waals surface area contributed by atoms with Gasteiger partial charge in [-0.2, -0.15) is 0 Å². The maximum Gasteiger partial charge on any atom is 0.164 e. The normalized spacial score (nSPS) is 14.4. The van der Waals surface area contributed by atoms with Gasteiger partial charge in [0.1, 0.15) is 0 Å². The lowest BCUT2D eigenvalue weighted by Gasteiger charge is -2.16. The van der Waals surface area contributed by atoms with Gasteiger partial charge in [-0.05, 0) is 42.5 Å². The van der Waals surface area contributed by atoms with Crippen LogP contribution in [0.3, 0.4) is 0 Å². The van der Waals surface area contributed by atoms with Crippen molar-refractivity contribution in [2.75, 3.05) is 0 Å². The quantitative estimate of drug-likeness (QED) is 0.186. The highest BCUT2D eigenvalue weighted by molar-refractivity contribution is 6.10. The van der Waals surface area contributed by atoms with E-state index in [9.17, 15) is 0 Å². The number of para-hydroxylation sites is 4. The summed E-state index contributed by atoms with van der Waals surface area (Å²) in [6, 6.07) is 32.1. The van der Waals surface area contributed by atoms with E-state index in [-0.39, 0.29) is 28.6 Å². The van der Waals surface area contributed by atoms with Crippen molar-refractivity contribution in [2.45, 2.75) is 0 Å². The van der Waals surface area contributed by atoms with Crippen LogP contribution in [0, 0.1) is 0 Å². The van der Waals surface area contributed by atoms with Crippen LogP contribution in [0.1, 0.15) is 13.7 Å². The van der Waals surface area contributed by atoms with E-state index in [0.29, 0.717) is 5.56 Å². The molecule has 0 unspecified atom stereocenters. The Bertz CT molecular complexity index is 3080. The van der Waals surface area contributed by atoms with E-state index >= 15 is 0 Å². The highest BCUT2D eigenvalue weighted by Crippen LogP contribution is 2.37. The Hall–Kier alpha value is -6.85. The molecule has 0 fully saturated rings. The number of rotatable bonds is 5. The van der Waals surface area contributed by atoms with Crippen LogP contribution in [0.5, 0.6) is 0 Å². The van der Waals surface area contributed by atoms with Gasteiger partial charge in [-0.25, -0.2) is 15.0 Å². The second kappa shape index (κ2) is 11.4. The van der Waals surface area contributed by atoms with E-state index < -0.39 is 60.4 Å². The monoisotopic (exact) mass is 649 g/mol. The van der Waals surface area contributed by atoms with E-state index in [1.54, 1.807) is 0 Å². The van der Waals surface area contributed by atoms with Crippen molar-refractivity contribution in [2.24, 2.45) is 0 Å². The lowest BCUT2D eigenvalue weighted by molar-refractivity contribution is 1.07. The van der Waals surface area contributed by atoms with Gasteiger partial charge in [0, 0.05) is 49.6 Å². The van der Waals surface area contributed by atoms with Crippen molar-refractivity contribution >= 4 is 43.6 Å². The zero-order chi connectivity index (χ0) is 41.7. The molecule has 0 saturated carbocycles. The van der Waals surface area contributed by atoms with Crippen molar-refractivity contribution in [3.05, 3.63) is 176 Å². The Morgan fingerprint density at radius 3 is 1.04 bits per heavy atom. The van der Waals surface area contributed by atoms with Crippen molar-refractivity contribution in [3.8, 4) is 45.5 Å². The minimum absolute atomic E-state index is 0.0294. The molecular formula is C45H29N5. The minimum atomic E-state index is -0.612. The molecule has 3 heterocycles. The first-order chi connectivity index (χ1) is 28.9. The molecule has 234 valence electrons. The van der Waals surface area contributed by atoms with Crippen LogP contribution < -0.4 is 0 Å². The molecule has 10 rings (SSSR count). The van der Waals surface area contributed by atoms with Gasteiger partial charge in [0.25, 0.3) is 0 Å². The van der Waals surface area contributed by atoms with Gasteiger partial charge in [0.05, 0.1) is 35.8 Å². The summed E-state index contributed by atoms with van der Waals surface area (Å²) in [5.41, 5.74) is 4.90. The summed E-state index contributed by atoms with van der Waals surface area (Å²) < 4.78 is 89.8. The van der Waals surface area contributed by atoms with Gasteiger partial charge >= 0.3 is 0 Å². The highest BCUT2D eigenvalue weighted by atomic mass is 15.0. The SMILES string of the molecule is [2H]c1c([2H])c([2H])c(-c2nc(-c3cc(-n4c5ccccc5c5ccccc54)cc(-n4c5ccccc5c5ccccc54)c3)nc(-c3c([2H])c([2H])c([2H])c([2H])c3[2H])n2)c([2H])c1[2H]. The molecule has 0 radical (unpaired) electrons. The second-order valence-corrected chi connectivity index (χ2v) is 11.8. The molecule has 0 saturated heterocycles. The molecule has 5 nitrogen and oxygen atoms in total. The Balaban J connectivity index is 1.35. The third kappa shape index (κ3) is 4.52. The third-order valence-corrected chi connectivity index (χ3v) is 8.92. The van der Waals surface area contributed by atoms with Crippen LogP contribution in [0.4, 0.5) is 0 Å². The lowest BCUT2D eigenvalue weighted by atomic mass is 10.1. The first-order valence-corrected chi connectivity index (χ1v) is 16.0. The summed E-state index contributed by atoms with van der Waals surface area (Å²) in [7, 11) is 0. The van der Waals surface area contributed by atoms with Crippen LogP contribution >= 0.6 is 0 Å². The summed E-state index contributed by atoms with van der Waals surface area (Å²) in [6.45, 7) is 0. The number of fused-ring (bicyclic) bond motifs is 6. The Morgan fingerprint density at radius 1 is 0.360 bits per heavy atom. The standard InChI is InChI=1S/C45H29N5/c1-3-15-30(16-4-1)43-46-44(31-17-5-2-6-18-31)48-45(47-43)32-27-33(49-39-23-11-7-19-35(39)36-20-8-12-24-40(36)49)29-34(28-32)50-41-25-13-9-21-37(41)38-22-10-14-26-42(38)50/h1-29H/i1D,2D,3D,4D,5D,6D,15D,16D,17D,18D. The molecule has 0 N–H and O–H groups in total. The van der Waals surface area contributed by atoms with Crippen LogP contribution in [0.15, 0.2) is 176 Å². The zero-order valence-corrected chi connectivity index (χ0v) is 26.2. The number of hydrogen-bond acceptors (Lipinski definition) is 3. The van der Waals surface area contributed by atoms with E-state index in [1.807, 2.05) is 84.9 Å². The maximum atomic E-state index is 8.83.